The Kier molecular flexibility index (Phi) is 6.34. The average Bonchev–Trinajstić information content (AvgIpc) is 3.50. The molecule has 2 aromatic rings. The number of nitrogens with zero attached hydrogens (tertiary/aromatic N) is 1. The molecule has 154 valence electrons. The molecule has 0 aliphatic heterocycles. The second kappa shape index (κ2) is 8.75. The summed E-state index contributed by atoms with van der Waals surface area (Å²) in [6.07, 6.45) is 3.66. The van der Waals surface area contributed by atoms with Crippen molar-refractivity contribution in [2.75, 3.05) is 12.8 Å². The van der Waals surface area contributed by atoms with E-state index in [9.17, 15) is 18.0 Å². The first kappa shape index (κ1) is 21.0. The van der Waals surface area contributed by atoms with Gasteiger partial charge in [-0.25, -0.2) is 13.1 Å². The topological polar surface area (TPSA) is 110 Å². The van der Waals surface area contributed by atoms with E-state index in [1.807, 2.05) is 29.2 Å². The molecule has 0 bridgehead atoms. The number of carbonyl (C=O) groups is 2. The van der Waals surface area contributed by atoms with Crippen molar-refractivity contribution in [3.63, 3.8) is 0 Å². The van der Waals surface area contributed by atoms with Gasteiger partial charge in [0, 0.05) is 30.3 Å². The summed E-state index contributed by atoms with van der Waals surface area (Å²) in [5, 5.41) is 0. The zero-order chi connectivity index (χ0) is 21.0. The molecule has 0 spiro atoms. The number of amides is 2. The molecule has 3 N–H and O–H groups in total. The van der Waals surface area contributed by atoms with Crippen LogP contribution in [0.15, 0.2) is 48.5 Å². The summed E-state index contributed by atoms with van der Waals surface area (Å²) in [5.41, 5.74) is 8.22. The van der Waals surface area contributed by atoms with Crippen LogP contribution in [0, 0.1) is 0 Å². The van der Waals surface area contributed by atoms with Gasteiger partial charge in [0.2, 0.25) is 15.9 Å². The van der Waals surface area contributed by atoms with Crippen LogP contribution < -0.4 is 10.5 Å². The Balaban J connectivity index is 1.65. The Hall–Kier alpha value is -2.71. The lowest BCUT2D eigenvalue weighted by molar-refractivity contribution is 0.0729. The van der Waals surface area contributed by atoms with E-state index in [1.54, 1.807) is 24.3 Å². The van der Waals surface area contributed by atoms with Gasteiger partial charge in [-0.05, 0) is 54.7 Å². The lowest BCUT2D eigenvalue weighted by Gasteiger charge is -2.23. The van der Waals surface area contributed by atoms with Gasteiger partial charge in [0.05, 0.1) is 6.26 Å². The Morgan fingerprint density at radius 2 is 1.55 bits per heavy atom. The van der Waals surface area contributed by atoms with E-state index < -0.39 is 15.9 Å². The van der Waals surface area contributed by atoms with Gasteiger partial charge in [-0.3, -0.25) is 9.59 Å². The van der Waals surface area contributed by atoms with Gasteiger partial charge in [0.15, 0.2) is 0 Å². The summed E-state index contributed by atoms with van der Waals surface area (Å²) < 4.78 is 24.7. The second-order valence-corrected chi connectivity index (χ2v) is 9.17. The largest absolute Gasteiger partial charge is 0.366 e. The number of hydrogen-bond donors (Lipinski definition) is 2. The standard InChI is InChI=1S/C21H25N3O4S/c1-29(27,28)23-13-12-15-2-8-18(9-3-15)21(26)24(19-10-11-19)14-16-4-6-17(7-5-16)20(22)25/h2-9,19,23H,10-14H2,1H3,(H2,22,25). The molecule has 7 nitrogen and oxygen atoms in total. The highest BCUT2D eigenvalue weighted by molar-refractivity contribution is 7.88. The van der Waals surface area contributed by atoms with Gasteiger partial charge in [0.25, 0.3) is 5.91 Å². The molecule has 0 atom stereocenters. The lowest BCUT2D eigenvalue weighted by Crippen LogP contribution is -2.32. The van der Waals surface area contributed by atoms with Crippen molar-refractivity contribution in [1.82, 2.24) is 9.62 Å². The molecule has 0 radical (unpaired) electrons. The molecule has 0 aromatic heterocycles. The van der Waals surface area contributed by atoms with Gasteiger partial charge in [-0.1, -0.05) is 24.3 Å². The number of primary amides is 1. The third-order valence-corrected chi connectivity index (χ3v) is 5.55. The van der Waals surface area contributed by atoms with Crippen LogP contribution in [-0.4, -0.2) is 44.0 Å². The molecule has 1 aliphatic carbocycles. The van der Waals surface area contributed by atoms with Crippen molar-refractivity contribution in [1.29, 1.82) is 0 Å². The van der Waals surface area contributed by atoms with E-state index in [1.165, 1.54) is 0 Å². The summed E-state index contributed by atoms with van der Waals surface area (Å²) >= 11 is 0. The number of carbonyl (C=O) groups excluding carboxylic acids is 2. The van der Waals surface area contributed by atoms with E-state index in [2.05, 4.69) is 4.72 Å². The van der Waals surface area contributed by atoms with Crippen LogP contribution in [0.2, 0.25) is 0 Å². The number of hydrogen-bond acceptors (Lipinski definition) is 4. The fourth-order valence-corrected chi connectivity index (χ4v) is 3.56. The van der Waals surface area contributed by atoms with Crippen molar-refractivity contribution in [2.45, 2.75) is 31.8 Å². The van der Waals surface area contributed by atoms with Crippen LogP contribution in [-0.2, 0) is 23.0 Å². The van der Waals surface area contributed by atoms with E-state index in [0.29, 0.717) is 30.6 Å². The molecule has 3 rings (SSSR count). The fourth-order valence-electron chi connectivity index (χ4n) is 3.08. The Morgan fingerprint density at radius 3 is 2.07 bits per heavy atom. The molecule has 0 unspecified atom stereocenters. The molecule has 1 fully saturated rings. The third-order valence-electron chi connectivity index (χ3n) is 4.82. The van der Waals surface area contributed by atoms with Gasteiger partial charge in [-0.15, -0.1) is 0 Å². The Bertz CT molecular complexity index is 982. The molecule has 0 heterocycles. The molecule has 0 saturated heterocycles. The predicted molar refractivity (Wildman–Crippen MR) is 111 cm³/mol. The van der Waals surface area contributed by atoms with Crippen molar-refractivity contribution in [3.8, 4) is 0 Å². The summed E-state index contributed by atoms with van der Waals surface area (Å²) in [4.78, 5) is 26.1. The maximum absolute atomic E-state index is 13.0. The molecule has 2 aromatic carbocycles. The number of rotatable bonds is 9. The molecule has 1 saturated carbocycles. The smallest absolute Gasteiger partial charge is 0.254 e. The first-order valence-electron chi connectivity index (χ1n) is 9.46. The number of nitrogens with two attached hydrogens (primary N) is 1. The predicted octanol–water partition coefficient (Wildman–Crippen LogP) is 1.68. The van der Waals surface area contributed by atoms with E-state index in [4.69, 9.17) is 5.73 Å². The van der Waals surface area contributed by atoms with Crippen molar-refractivity contribution in [3.05, 3.63) is 70.8 Å². The summed E-state index contributed by atoms with van der Waals surface area (Å²) in [6.45, 7) is 0.796. The molecular formula is C21H25N3O4S. The Morgan fingerprint density at radius 1 is 1.00 bits per heavy atom. The van der Waals surface area contributed by atoms with Crippen LogP contribution >= 0.6 is 0 Å². The van der Waals surface area contributed by atoms with Crippen LogP contribution in [0.5, 0.6) is 0 Å². The average molecular weight is 416 g/mol. The highest BCUT2D eigenvalue weighted by atomic mass is 32.2. The van der Waals surface area contributed by atoms with E-state index in [-0.39, 0.29) is 11.9 Å². The molecular weight excluding hydrogens is 390 g/mol. The zero-order valence-corrected chi connectivity index (χ0v) is 17.1. The summed E-state index contributed by atoms with van der Waals surface area (Å²) in [7, 11) is -3.20. The normalized spacial score (nSPS) is 13.8. The molecule has 29 heavy (non-hydrogen) atoms. The monoisotopic (exact) mass is 415 g/mol. The van der Waals surface area contributed by atoms with Crippen LogP contribution in [0.3, 0.4) is 0 Å². The molecule has 1 aliphatic rings. The van der Waals surface area contributed by atoms with Gasteiger partial charge in [-0.2, -0.15) is 0 Å². The van der Waals surface area contributed by atoms with Crippen LogP contribution in [0.1, 0.15) is 44.7 Å². The van der Waals surface area contributed by atoms with Crippen molar-refractivity contribution < 1.29 is 18.0 Å². The number of nitrogens with one attached hydrogen (secondary N) is 1. The van der Waals surface area contributed by atoms with Crippen molar-refractivity contribution in [2.24, 2.45) is 5.73 Å². The Labute approximate surface area is 171 Å². The highest BCUT2D eigenvalue weighted by Gasteiger charge is 2.33. The summed E-state index contributed by atoms with van der Waals surface area (Å²) in [6, 6.07) is 14.5. The van der Waals surface area contributed by atoms with Crippen LogP contribution in [0.25, 0.3) is 0 Å². The van der Waals surface area contributed by atoms with Gasteiger partial charge >= 0.3 is 0 Å². The van der Waals surface area contributed by atoms with Gasteiger partial charge < -0.3 is 10.6 Å². The second-order valence-electron chi connectivity index (χ2n) is 7.34. The molecule has 2 amide bonds. The molecule has 8 heteroatoms. The number of sulfonamides is 1. The maximum Gasteiger partial charge on any atom is 0.254 e. The minimum absolute atomic E-state index is 0.0349. The lowest BCUT2D eigenvalue weighted by atomic mass is 10.1. The minimum Gasteiger partial charge on any atom is -0.366 e. The SMILES string of the molecule is CS(=O)(=O)NCCc1ccc(C(=O)N(Cc2ccc(C(N)=O)cc2)C2CC2)cc1. The maximum atomic E-state index is 13.0. The minimum atomic E-state index is -3.20. The zero-order valence-electron chi connectivity index (χ0n) is 16.3. The summed E-state index contributed by atoms with van der Waals surface area (Å²) in [5.74, 6) is -0.509. The quantitative estimate of drug-likeness (QED) is 0.649. The first-order chi connectivity index (χ1) is 13.7. The van der Waals surface area contributed by atoms with E-state index in [0.717, 1.165) is 30.2 Å². The highest BCUT2D eigenvalue weighted by Crippen LogP contribution is 2.30. The van der Waals surface area contributed by atoms with Crippen LogP contribution in [0.4, 0.5) is 0 Å². The van der Waals surface area contributed by atoms with Crippen molar-refractivity contribution >= 4 is 21.8 Å². The first-order valence-corrected chi connectivity index (χ1v) is 11.4. The van der Waals surface area contributed by atoms with E-state index >= 15 is 0 Å². The number of benzene rings is 2. The fraction of sp³-hybridized carbons (Fsp3) is 0.333. The van der Waals surface area contributed by atoms with Gasteiger partial charge in [0.1, 0.15) is 0 Å². The third kappa shape index (κ3) is 6.13.